The molecule has 0 radical (unpaired) electrons. The summed E-state index contributed by atoms with van der Waals surface area (Å²) in [6, 6.07) is 13.2. The molecular weight excluding hydrogens is 487 g/mol. The van der Waals surface area contributed by atoms with Crippen LogP contribution in [0.5, 0.6) is 0 Å². The van der Waals surface area contributed by atoms with Crippen LogP contribution >= 0.6 is 23.2 Å². The number of amides is 2. The molecule has 4 rings (SSSR count). The summed E-state index contributed by atoms with van der Waals surface area (Å²) in [5, 5.41) is 19.6. The van der Waals surface area contributed by atoms with Crippen molar-refractivity contribution >= 4 is 69.8 Å². The second-order valence-corrected chi connectivity index (χ2v) is 7.72. The first kappa shape index (κ1) is 24.9. The van der Waals surface area contributed by atoms with Gasteiger partial charge in [0.1, 0.15) is 0 Å². The van der Waals surface area contributed by atoms with Crippen LogP contribution in [-0.4, -0.2) is 46.9 Å². The summed E-state index contributed by atoms with van der Waals surface area (Å²) in [6.45, 7) is 1.95. The number of rotatable bonds is 5. The second kappa shape index (κ2) is 10.9. The topological polar surface area (TPSA) is 129 Å². The van der Waals surface area contributed by atoms with Crippen LogP contribution < -0.4 is 10.0 Å². The number of esters is 1. The molecular formula is C22H18Cl2N4O6. The highest BCUT2D eigenvalue weighted by Crippen LogP contribution is 2.24. The molecule has 1 N–H and O–H groups in total. The predicted octanol–water partition coefficient (Wildman–Crippen LogP) is 3.51. The van der Waals surface area contributed by atoms with Crippen molar-refractivity contribution in [3.8, 4) is 0 Å². The number of benzene rings is 2. The number of carbonyl (C=O) groups is 4. The third-order valence-corrected chi connectivity index (χ3v) is 4.88. The van der Waals surface area contributed by atoms with E-state index in [0.29, 0.717) is 21.4 Å². The molecule has 2 aliphatic heterocycles. The smallest absolute Gasteiger partial charge is 0.355 e. The van der Waals surface area contributed by atoms with Crippen LogP contribution in [0.15, 0.2) is 58.7 Å². The fourth-order valence-electron chi connectivity index (χ4n) is 2.92. The van der Waals surface area contributed by atoms with Gasteiger partial charge in [0.15, 0.2) is 11.4 Å². The molecule has 0 saturated heterocycles. The first-order chi connectivity index (χ1) is 16.2. The van der Waals surface area contributed by atoms with Gasteiger partial charge in [-0.1, -0.05) is 35.3 Å². The van der Waals surface area contributed by atoms with Gasteiger partial charge in [-0.2, -0.15) is 20.2 Å². The van der Waals surface area contributed by atoms with E-state index in [2.05, 4.69) is 10.2 Å². The maximum Gasteiger partial charge on any atom is 0.355 e. The van der Waals surface area contributed by atoms with Crippen molar-refractivity contribution in [2.24, 2.45) is 10.2 Å². The van der Waals surface area contributed by atoms with Crippen molar-refractivity contribution < 1.29 is 29.0 Å². The Kier molecular flexibility index (Phi) is 7.98. The average molecular weight is 505 g/mol. The Balaban J connectivity index is 0.000000192. The third kappa shape index (κ3) is 5.97. The third-order valence-electron chi connectivity index (χ3n) is 4.41. The Morgan fingerprint density at radius 3 is 1.79 bits per heavy atom. The predicted molar refractivity (Wildman–Crippen MR) is 126 cm³/mol. The minimum absolute atomic E-state index is 0.0503. The van der Waals surface area contributed by atoms with Crippen LogP contribution in [0.1, 0.15) is 19.8 Å². The summed E-state index contributed by atoms with van der Waals surface area (Å²) >= 11 is 11.6. The highest BCUT2D eigenvalue weighted by molar-refractivity contribution is 6.43. The van der Waals surface area contributed by atoms with Gasteiger partial charge in [0.2, 0.25) is 0 Å². The van der Waals surface area contributed by atoms with Crippen molar-refractivity contribution in [2.75, 3.05) is 16.6 Å². The van der Waals surface area contributed by atoms with E-state index in [-0.39, 0.29) is 42.7 Å². The quantitative estimate of drug-likeness (QED) is 0.620. The molecule has 34 heavy (non-hydrogen) atoms. The number of hydrogen-bond donors (Lipinski definition) is 1. The van der Waals surface area contributed by atoms with E-state index in [4.69, 9.17) is 33.0 Å². The number of carbonyl (C=O) groups excluding carboxylic acids is 3. The van der Waals surface area contributed by atoms with Gasteiger partial charge < -0.3 is 9.84 Å². The molecule has 0 fully saturated rings. The van der Waals surface area contributed by atoms with Crippen LogP contribution in [0.25, 0.3) is 0 Å². The van der Waals surface area contributed by atoms with E-state index in [1.807, 2.05) is 0 Å². The number of hydrazone groups is 2. The monoisotopic (exact) mass is 504 g/mol. The van der Waals surface area contributed by atoms with E-state index in [1.165, 1.54) is 0 Å². The first-order valence-corrected chi connectivity index (χ1v) is 10.7. The van der Waals surface area contributed by atoms with Crippen LogP contribution in [-0.2, 0) is 23.9 Å². The van der Waals surface area contributed by atoms with Crippen molar-refractivity contribution in [2.45, 2.75) is 19.8 Å². The Hall–Kier alpha value is -3.76. The SMILES string of the molecule is CCOC(=O)C1=NN(c2cccc(Cl)c2)C(=O)C1.O=C(O)C1=NN(c2cccc(Cl)c2)C(=O)C1. The number of ether oxygens (including phenoxy) is 1. The van der Waals surface area contributed by atoms with E-state index in [0.717, 1.165) is 10.0 Å². The minimum atomic E-state index is -1.18. The summed E-state index contributed by atoms with van der Waals surface area (Å²) in [5.41, 5.74) is 0.951. The molecule has 12 heteroatoms. The molecule has 0 bridgehead atoms. The largest absolute Gasteiger partial charge is 0.477 e. The fourth-order valence-corrected chi connectivity index (χ4v) is 3.29. The van der Waals surface area contributed by atoms with E-state index < -0.39 is 11.9 Å². The van der Waals surface area contributed by atoms with Gasteiger partial charge in [-0.05, 0) is 43.3 Å². The zero-order chi connectivity index (χ0) is 24.8. The summed E-state index contributed by atoms with van der Waals surface area (Å²) in [7, 11) is 0. The van der Waals surface area contributed by atoms with E-state index >= 15 is 0 Å². The Bertz CT molecular complexity index is 1210. The van der Waals surface area contributed by atoms with Gasteiger partial charge in [-0.25, -0.2) is 9.59 Å². The summed E-state index contributed by atoms with van der Waals surface area (Å²) in [5.74, 6) is -2.40. The van der Waals surface area contributed by atoms with Crippen molar-refractivity contribution in [1.82, 2.24) is 0 Å². The lowest BCUT2D eigenvalue weighted by Gasteiger charge is -2.11. The zero-order valence-electron chi connectivity index (χ0n) is 17.8. The Morgan fingerprint density at radius 1 is 0.912 bits per heavy atom. The molecule has 0 aromatic heterocycles. The minimum Gasteiger partial charge on any atom is -0.477 e. The van der Waals surface area contributed by atoms with Crippen molar-refractivity contribution in [1.29, 1.82) is 0 Å². The Labute approximate surface area is 204 Å². The maximum absolute atomic E-state index is 11.8. The summed E-state index contributed by atoms with van der Waals surface area (Å²) in [6.07, 6.45) is -0.243. The summed E-state index contributed by atoms with van der Waals surface area (Å²) < 4.78 is 4.81. The van der Waals surface area contributed by atoms with Crippen LogP contribution in [0.2, 0.25) is 10.0 Å². The number of hydrogen-bond acceptors (Lipinski definition) is 7. The molecule has 2 aromatic carbocycles. The first-order valence-electron chi connectivity index (χ1n) is 9.92. The van der Waals surface area contributed by atoms with Crippen LogP contribution in [0.4, 0.5) is 11.4 Å². The maximum atomic E-state index is 11.8. The fraction of sp³-hybridized carbons (Fsp3) is 0.182. The van der Waals surface area contributed by atoms with Crippen molar-refractivity contribution in [3.63, 3.8) is 0 Å². The number of anilines is 2. The van der Waals surface area contributed by atoms with Gasteiger partial charge in [-0.3, -0.25) is 9.59 Å². The lowest BCUT2D eigenvalue weighted by atomic mass is 10.2. The molecule has 176 valence electrons. The molecule has 0 saturated carbocycles. The Morgan fingerprint density at radius 2 is 1.38 bits per heavy atom. The molecule has 0 unspecified atom stereocenters. The molecule has 2 aromatic rings. The van der Waals surface area contributed by atoms with E-state index in [9.17, 15) is 19.2 Å². The number of aliphatic carboxylic acids is 1. The molecule has 10 nitrogen and oxygen atoms in total. The van der Waals surface area contributed by atoms with Gasteiger partial charge >= 0.3 is 11.9 Å². The van der Waals surface area contributed by atoms with Gasteiger partial charge in [0, 0.05) is 10.0 Å². The molecule has 0 spiro atoms. The molecule has 2 heterocycles. The highest BCUT2D eigenvalue weighted by Gasteiger charge is 2.30. The molecule has 2 amide bonds. The lowest BCUT2D eigenvalue weighted by Crippen LogP contribution is -2.19. The number of carboxylic acid groups (broad SMARTS) is 1. The second-order valence-electron chi connectivity index (χ2n) is 6.84. The van der Waals surface area contributed by atoms with Gasteiger partial charge in [-0.15, -0.1) is 0 Å². The standard InChI is InChI=1S/C12H11ClN2O3.C10H7ClN2O3/c1-2-18-12(17)10-7-11(16)15(14-10)9-5-3-4-8(13)6-9;11-6-2-1-3-7(4-6)13-9(14)5-8(12-13)10(15)16/h3-6H,2,7H2,1H3;1-4H,5H2,(H,15,16). The number of carboxylic acids is 1. The summed E-state index contributed by atoms with van der Waals surface area (Å²) in [4.78, 5) is 45.4. The van der Waals surface area contributed by atoms with Crippen LogP contribution in [0, 0.1) is 0 Å². The van der Waals surface area contributed by atoms with Gasteiger partial charge in [0.05, 0.1) is 30.8 Å². The number of halogens is 2. The lowest BCUT2D eigenvalue weighted by molar-refractivity contribution is -0.135. The molecule has 0 aliphatic carbocycles. The van der Waals surface area contributed by atoms with Crippen molar-refractivity contribution in [3.05, 3.63) is 58.6 Å². The molecule has 2 aliphatic rings. The van der Waals surface area contributed by atoms with Gasteiger partial charge in [0.25, 0.3) is 11.8 Å². The normalized spacial score (nSPS) is 14.9. The van der Waals surface area contributed by atoms with E-state index in [1.54, 1.807) is 55.5 Å². The average Bonchev–Trinajstić information content (AvgIpc) is 3.37. The number of nitrogens with zero attached hydrogens (tertiary/aromatic N) is 4. The highest BCUT2D eigenvalue weighted by atomic mass is 35.5. The molecule has 0 atom stereocenters. The van der Waals surface area contributed by atoms with Crippen LogP contribution in [0.3, 0.4) is 0 Å². The zero-order valence-corrected chi connectivity index (χ0v) is 19.3.